The highest BCUT2D eigenvalue weighted by Crippen LogP contribution is 2.32. The Morgan fingerprint density at radius 2 is 2.12 bits per heavy atom. The Bertz CT molecular complexity index is 338. The monoisotopic (exact) mass is 224 g/mol. The largest absolute Gasteiger partial charge is 0.407 e. The summed E-state index contributed by atoms with van der Waals surface area (Å²) in [6.07, 6.45) is 2.46. The fraction of sp³-hybridized carbons (Fsp3) is 0.818. The Morgan fingerprint density at radius 3 is 2.75 bits per heavy atom. The Morgan fingerprint density at radius 1 is 1.31 bits per heavy atom. The van der Waals surface area contributed by atoms with Gasteiger partial charge >= 0.3 is 6.01 Å². The summed E-state index contributed by atoms with van der Waals surface area (Å²) in [6, 6.07) is 1.02. The van der Waals surface area contributed by atoms with Crippen LogP contribution in [0.3, 0.4) is 0 Å². The molecule has 1 saturated carbocycles. The van der Waals surface area contributed by atoms with Crippen LogP contribution in [0.1, 0.15) is 32.6 Å². The van der Waals surface area contributed by atoms with Crippen LogP contribution in [-0.2, 0) is 6.54 Å². The Balaban J connectivity index is 1.93. The van der Waals surface area contributed by atoms with Crippen molar-refractivity contribution in [3.63, 3.8) is 0 Å². The average molecular weight is 224 g/mol. The summed E-state index contributed by atoms with van der Waals surface area (Å²) < 4.78 is 5.47. The van der Waals surface area contributed by atoms with Crippen molar-refractivity contribution in [3.05, 3.63) is 5.89 Å². The van der Waals surface area contributed by atoms with E-state index < -0.39 is 0 Å². The van der Waals surface area contributed by atoms with E-state index in [4.69, 9.17) is 4.42 Å². The molecule has 16 heavy (non-hydrogen) atoms. The Labute approximate surface area is 96.0 Å². The average Bonchev–Trinajstić information content (AvgIpc) is 2.82. The van der Waals surface area contributed by atoms with E-state index in [-0.39, 0.29) is 0 Å². The van der Waals surface area contributed by atoms with Gasteiger partial charge in [0.15, 0.2) is 0 Å². The third-order valence-electron chi connectivity index (χ3n) is 3.57. The van der Waals surface area contributed by atoms with E-state index in [2.05, 4.69) is 34.7 Å². The van der Waals surface area contributed by atoms with Crippen molar-refractivity contribution in [2.75, 3.05) is 12.4 Å². The van der Waals surface area contributed by atoms with Gasteiger partial charge in [-0.05, 0) is 31.7 Å². The smallest absolute Gasteiger partial charge is 0.315 e. The molecular weight excluding hydrogens is 204 g/mol. The van der Waals surface area contributed by atoms with Gasteiger partial charge in [-0.2, -0.15) is 0 Å². The maximum Gasteiger partial charge on any atom is 0.315 e. The molecule has 3 unspecified atom stereocenters. The number of nitrogens with one attached hydrogen (secondary N) is 2. The molecule has 2 rings (SSSR count). The first-order chi connectivity index (χ1) is 7.70. The maximum atomic E-state index is 5.47. The predicted octanol–water partition coefficient (Wildman–Crippen LogP) is 1.64. The first kappa shape index (κ1) is 11.4. The van der Waals surface area contributed by atoms with Gasteiger partial charge in [0.25, 0.3) is 0 Å². The van der Waals surface area contributed by atoms with Gasteiger partial charge in [-0.1, -0.05) is 18.9 Å². The minimum atomic E-state index is 0.470. The number of aromatic nitrogens is 2. The molecule has 0 saturated heterocycles. The summed E-state index contributed by atoms with van der Waals surface area (Å²) in [7, 11) is 1.86. The first-order valence-electron chi connectivity index (χ1n) is 5.94. The second kappa shape index (κ2) is 4.82. The van der Waals surface area contributed by atoms with Gasteiger partial charge in [-0.15, -0.1) is 5.10 Å². The molecule has 90 valence electrons. The fourth-order valence-electron chi connectivity index (χ4n) is 2.26. The van der Waals surface area contributed by atoms with E-state index in [1.165, 1.54) is 12.8 Å². The number of rotatable bonds is 4. The molecule has 5 heteroatoms. The zero-order chi connectivity index (χ0) is 11.5. The lowest BCUT2D eigenvalue weighted by atomic mass is 9.98. The third kappa shape index (κ3) is 2.35. The predicted molar refractivity (Wildman–Crippen MR) is 62.0 cm³/mol. The van der Waals surface area contributed by atoms with E-state index in [0.29, 0.717) is 30.4 Å². The molecule has 5 nitrogen and oxygen atoms in total. The van der Waals surface area contributed by atoms with Crippen molar-refractivity contribution in [1.29, 1.82) is 0 Å². The molecular formula is C11H20N4O. The van der Waals surface area contributed by atoms with E-state index in [1.54, 1.807) is 0 Å². The van der Waals surface area contributed by atoms with Crippen molar-refractivity contribution >= 4 is 6.01 Å². The molecule has 1 fully saturated rings. The highest BCUT2D eigenvalue weighted by atomic mass is 16.4. The lowest BCUT2D eigenvalue weighted by Gasteiger charge is -2.17. The van der Waals surface area contributed by atoms with Crippen molar-refractivity contribution in [2.45, 2.75) is 39.3 Å². The molecule has 1 aromatic heterocycles. The number of hydrogen-bond acceptors (Lipinski definition) is 5. The van der Waals surface area contributed by atoms with Crippen LogP contribution in [0.4, 0.5) is 6.01 Å². The van der Waals surface area contributed by atoms with Gasteiger partial charge in [0.2, 0.25) is 5.89 Å². The molecule has 0 bridgehead atoms. The summed E-state index contributed by atoms with van der Waals surface area (Å²) in [5, 5.41) is 14.3. The molecule has 1 heterocycles. The van der Waals surface area contributed by atoms with E-state index >= 15 is 0 Å². The van der Waals surface area contributed by atoms with Crippen LogP contribution in [0.2, 0.25) is 0 Å². The van der Waals surface area contributed by atoms with E-state index in [9.17, 15) is 0 Å². The SMILES string of the molecule is CNCc1nnc(NC2CCC(C)C2C)o1. The second-order valence-corrected chi connectivity index (χ2v) is 4.70. The van der Waals surface area contributed by atoms with Gasteiger partial charge in [-0.3, -0.25) is 0 Å². The van der Waals surface area contributed by atoms with Gasteiger partial charge in [0.05, 0.1) is 6.54 Å². The molecule has 0 spiro atoms. The van der Waals surface area contributed by atoms with Gasteiger partial charge in [0.1, 0.15) is 0 Å². The van der Waals surface area contributed by atoms with Crippen molar-refractivity contribution in [3.8, 4) is 0 Å². The number of nitrogens with zero attached hydrogens (tertiary/aromatic N) is 2. The second-order valence-electron chi connectivity index (χ2n) is 4.70. The standard InChI is InChI=1S/C11H20N4O/c1-7-4-5-9(8(7)2)13-11-15-14-10(16-11)6-12-3/h7-9,12H,4-6H2,1-3H3,(H,13,15). The lowest BCUT2D eigenvalue weighted by molar-refractivity contribution is 0.423. The van der Waals surface area contributed by atoms with Gasteiger partial charge in [-0.25, -0.2) is 0 Å². The molecule has 0 radical (unpaired) electrons. The highest BCUT2D eigenvalue weighted by molar-refractivity contribution is 5.21. The Hall–Kier alpha value is -1.10. The summed E-state index contributed by atoms with van der Waals surface area (Å²) in [5.41, 5.74) is 0. The van der Waals surface area contributed by atoms with Gasteiger partial charge < -0.3 is 15.1 Å². The molecule has 1 aliphatic carbocycles. The summed E-state index contributed by atoms with van der Waals surface area (Å²) in [5.74, 6) is 2.07. The van der Waals surface area contributed by atoms with Crippen LogP contribution in [0, 0.1) is 11.8 Å². The maximum absolute atomic E-state index is 5.47. The molecule has 3 atom stereocenters. The van der Waals surface area contributed by atoms with Crippen LogP contribution < -0.4 is 10.6 Å². The van der Waals surface area contributed by atoms with Crippen LogP contribution >= 0.6 is 0 Å². The summed E-state index contributed by atoms with van der Waals surface area (Å²) >= 11 is 0. The zero-order valence-electron chi connectivity index (χ0n) is 10.2. The van der Waals surface area contributed by atoms with Crippen molar-refractivity contribution < 1.29 is 4.42 Å². The summed E-state index contributed by atoms with van der Waals surface area (Å²) in [4.78, 5) is 0. The normalized spacial score (nSPS) is 29.6. The number of anilines is 1. The molecule has 1 aliphatic rings. The first-order valence-corrected chi connectivity index (χ1v) is 5.94. The topological polar surface area (TPSA) is 63.0 Å². The lowest BCUT2D eigenvalue weighted by Crippen LogP contribution is -2.24. The van der Waals surface area contributed by atoms with Crippen molar-refractivity contribution in [2.24, 2.45) is 11.8 Å². The minimum absolute atomic E-state index is 0.470. The molecule has 2 N–H and O–H groups in total. The number of hydrogen-bond donors (Lipinski definition) is 2. The molecule has 1 aromatic rings. The Kier molecular flexibility index (Phi) is 3.43. The quantitative estimate of drug-likeness (QED) is 0.814. The van der Waals surface area contributed by atoms with Crippen molar-refractivity contribution in [1.82, 2.24) is 15.5 Å². The van der Waals surface area contributed by atoms with E-state index in [0.717, 1.165) is 5.92 Å². The van der Waals surface area contributed by atoms with Crippen LogP contribution in [0.25, 0.3) is 0 Å². The molecule has 0 aromatic carbocycles. The molecule has 0 aliphatic heterocycles. The minimum Gasteiger partial charge on any atom is -0.407 e. The van der Waals surface area contributed by atoms with E-state index in [1.807, 2.05) is 7.05 Å². The zero-order valence-corrected chi connectivity index (χ0v) is 10.2. The van der Waals surface area contributed by atoms with Crippen LogP contribution in [0.15, 0.2) is 4.42 Å². The molecule has 0 amide bonds. The summed E-state index contributed by atoms with van der Waals surface area (Å²) in [6.45, 7) is 5.19. The fourth-order valence-corrected chi connectivity index (χ4v) is 2.26. The van der Waals surface area contributed by atoms with Crippen LogP contribution in [-0.4, -0.2) is 23.3 Å². The highest BCUT2D eigenvalue weighted by Gasteiger charge is 2.30. The van der Waals surface area contributed by atoms with Gasteiger partial charge in [0, 0.05) is 6.04 Å². The van der Waals surface area contributed by atoms with Crippen LogP contribution in [0.5, 0.6) is 0 Å². The third-order valence-corrected chi connectivity index (χ3v) is 3.57.